The highest BCUT2D eigenvalue weighted by Gasteiger charge is 2.26. The van der Waals surface area contributed by atoms with Crippen LogP contribution < -0.4 is 5.32 Å². The van der Waals surface area contributed by atoms with E-state index in [0.29, 0.717) is 32.4 Å². The molecule has 5 nitrogen and oxygen atoms in total. The van der Waals surface area contributed by atoms with Crippen LogP contribution in [0.15, 0.2) is 18.2 Å². The number of amides is 1. The summed E-state index contributed by atoms with van der Waals surface area (Å²) < 4.78 is 26.1. The predicted molar refractivity (Wildman–Crippen MR) is 97.3 cm³/mol. The summed E-state index contributed by atoms with van der Waals surface area (Å²) in [7, 11) is -3.19. The summed E-state index contributed by atoms with van der Waals surface area (Å²) in [4.78, 5) is 12.1. The van der Waals surface area contributed by atoms with Crippen LogP contribution in [0, 0.1) is 5.41 Å². The van der Waals surface area contributed by atoms with Crippen LogP contribution in [-0.2, 0) is 27.8 Å². The minimum absolute atomic E-state index is 0.0197. The summed E-state index contributed by atoms with van der Waals surface area (Å²) in [5.74, 6) is 0.165. The zero-order valence-electron chi connectivity index (χ0n) is 15.1. The Morgan fingerprint density at radius 3 is 2.58 bits per heavy atom. The third-order valence-corrected chi connectivity index (χ3v) is 6.04. The number of rotatable bonds is 5. The Kier molecular flexibility index (Phi) is 5.71. The number of fused-ring (bicyclic) bond motifs is 1. The van der Waals surface area contributed by atoms with E-state index >= 15 is 0 Å². The van der Waals surface area contributed by atoms with Gasteiger partial charge in [-0.1, -0.05) is 33.8 Å². The number of nitrogens with zero attached hydrogens (tertiary/aromatic N) is 1. The van der Waals surface area contributed by atoms with Crippen molar-refractivity contribution in [3.63, 3.8) is 0 Å². The number of hydrogen-bond acceptors (Lipinski definition) is 3. The van der Waals surface area contributed by atoms with E-state index in [2.05, 4.69) is 5.32 Å². The van der Waals surface area contributed by atoms with E-state index in [4.69, 9.17) is 0 Å². The van der Waals surface area contributed by atoms with Gasteiger partial charge in [-0.05, 0) is 41.5 Å². The van der Waals surface area contributed by atoms with Crippen LogP contribution in [-0.4, -0.2) is 30.9 Å². The standard InChI is InChI=1S/C18H28N2O3S/c1-5-10-24(22,23)20-9-8-14-6-7-16(11-15(14)13-20)19-17(21)12-18(2,3)4/h6-7,11H,5,8-10,12-13H2,1-4H3,(H,19,21). The lowest BCUT2D eigenvalue weighted by Gasteiger charge is -2.28. The smallest absolute Gasteiger partial charge is 0.224 e. The van der Waals surface area contributed by atoms with Gasteiger partial charge >= 0.3 is 0 Å². The van der Waals surface area contributed by atoms with Crippen molar-refractivity contribution < 1.29 is 13.2 Å². The molecule has 1 aliphatic rings. The second-order valence-electron chi connectivity index (χ2n) is 7.67. The molecule has 1 N–H and O–H groups in total. The number of carbonyl (C=O) groups excluding carboxylic acids is 1. The molecule has 0 fully saturated rings. The maximum atomic E-state index is 12.3. The lowest BCUT2D eigenvalue weighted by molar-refractivity contribution is -0.117. The van der Waals surface area contributed by atoms with E-state index in [1.165, 1.54) is 0 Å². The summed E-state index contributed by atoms with van der Waals surface area (Å²) in [5, 5.41) is 2.92. The van der Waals surface area contributed by atoms with Gasteiger partial charge in [0.05, 0.1) is 5.75 Å². The van der Waals surface area contributed by atoms with E-state index in [-0.39, 0.29) is 17.1 Å². The monoisotopic (exact) mass is 352 g/mol. The number of anilines is 1. The maximum Gasteiger partial charge on any atom is 0.224 e. The third kappa shape index (κ3) is 5.05. The van der Waals surface area contributed by atoms with Gasteiger partial charge in [-0.3, -0.25) is 4.79 Å². The van der Waals surface area contributed by atoms with Crippen molar-refractivity contribution in [3.05, 3.63) is 29.3 Å². The molecule has 6 heteroatoms. The fraction of sp³-hybridized carbons (Fsp3) is 0.611. The van der Waals surface area contributed by atoms with Crippen molar-refractivity contribution >= 4 is 21.6 Å². The number of benzene rings is 1. The van der Waals surface area contributed by atoms with Gasteiger partial charge in [-0.15, -0.1) is 0 Å². The van der Waals surface area contributed by atoms with E-state index in [1.54, 1.807) is 4.31 Å². The molecule has 0 radical (unpaired) electrons. The van der Waals surface area contributed by atoms with E-state index in [1.807, 2.05) is 45.9 Å². The number of sulfonamides is 1. The molecule has 0 saturated heterocycles. The minimum atomic E-state index is -3.19. The third-order valence-electron chi connectivity index (χ3n) is 4.01. The zero-order valence-corrected chi connectivity index (χ0v) is 15.9. The van der Waals surface area contributed by atoms with Crippen molar-refractivity contribution in [1.82, 2.24) is 4.31 Å². The highest BCUT2D eigenvalue weighted by molar-refractivity contribution is 7.89. The molecule has 0 atom stereocenters. The van der Waals surface area contributed by atoms with Gasteiger partial charge in [0.25, 0.3) is 0 Å². The largest absolute Gasteiger partial charge is 0.326 e. The fourth-order valence-electron chi connectivity index (χ4n) is 2.92. The molecule has 2 rings (SSSR count). The maximum absolute atomic E-state index is 12.3. The van der Waals surface area contributed by atoms with Crippen LogP contribution in [0.4, 0.5) is 5.69 Å². The van der Waals surface area contributed by atoms with Crippen LogP contribution in [0.2, 0.25) is 0 Å². The van der Waals surface area contributed by atoms with Gasteiger partial charge in [0.2, 0.25) is 15.9 Å². The molecule has 0 spiro atoms. The second kappa shape index (κ2) is 7.23. The Morgan fingerprint density at radius 1 is 1.25 bits per heavy atom. The Labute approximate surface area is 145 Å². The average molecular weight is 353 g/mol. The van der Waals surface area contributed by atoms with Crippen LogP contribution in [0.3, 0.4) is 0 Å². The quantitative estimate of drug-likeness (QED) is 0.885. The Morgan fingerprint density at radius 2 is 1.96 bits per heavy atom. The average Bonchev–Trinajstić information content (AvgIpc) is 2.44. The number of carbonyl (C=O) groups is 1. The number of hydrogen-bond donors (Lipinski definition) is 1. The molecule has 0 aliphatic carbocycles. The first-order valence-electron chi connectivity index (χ1n) is 8.50. The number of nitrogens with one attached hydrogen (secondary N) is 1. The first kappa shape index (κ1) is 18.9. The van der Waals surface area contributed by atoms with Crippen LogP contribution >= 0.6 is 0 Å². The van der Waals surface area contributed by atoms with Crippen LogP contribution in [0.1, 0.15) is 51.7 Å². The first-order valence-corrected chi connectivity index (χ1v) is 10.1. The Hall–Kier alpha value is -1.40. The van der Waals surface area contributed by atoms with Crippen molar-refractivity contribution in [2.75, 3.05) is 17.6 Å². The van der Waals surface area contributed by atoms with Gasteiger partial charge in [-0.2, -0.15) is 4.31 Å². The SMILES string of the molecule is CCCS(=O)(=O)N1CCc2ccc(NC(=O)CC(C)(C)C)cc2C1. The summed E-state index contributed by atoms with van der Waals surface area (Å²) in [5.41, 5.74) is 2.81. The van der Waals surface area contributed by atoms with E-state index in [9.17, 15) is 13.2 Å². The first-order chi connectivity index (χ1) is 11.1. The molecule has 0 bridgehead atoms. The molecule has 1 heterocycles. The highest BCUT2D eigenvalue weighted by Crippen LogP contribution is 2.25. The summed E-state index contributed by atoms with van der Waals surface area (Å²) in [6, 6.07) is 5.80. The topological polar surface area (TPSA) is 66.5 Å². The molecular weight excluding hydrogens is 324 g/mol. The predicted octanol–water partition coefficient (Wildman–Crippen LogP) is 3.16. The Bertz CT molecular complexity index is 705. The lowest BCUT2D eigenvalue weighted by atomic mass is 9.92. The van der Waals surface area contributed by atoms with Gasteiger partial charge in [-0.25, -0.2) is 8.42 Å². The van der Waals surface area contributed by atoms with Gasteiger partial charge < -0.3 is 5.32 Å². The molecule has 1 amide bonds. The summed E-state index contributed by atoms with van der Waals surface area (Å²) in [6.07, 6.45) is 1.78. The summed E-state index contributed by atoms with van der Waals surface area (Å²) in [6.45, 7) is 8.87. The molecule has 0 saturated carbocycles. The molecular formula is C18H28N2O3S. The van der Waals surface area contributed by atoms with E-state index in [0.717, 1.165) is 16.8 Å². The highest BCUT2D eigenvalue weighted by atomic mass is 32.2. The molecule has 1 aliphatic heterocycles. The molecule has 24 heavy (non-hydrogen) atoms. The minimum Gasteiger partial charge on any atom is -0.326 e. The lowest BCUT2D eigenvalue weighted by Crippen LogP contribution is -2.37. The fourth-order valence-corrected chi connectivity index (χ4v) is 4.40. The molecule has 0 unspecified atom stereocenters. The zero-order chi connectivity index (χ0) is 18.0. The summed E-state index contributed by atoms with van der Waals surface area (Å²) >= 11 is 0. The van der Waals surface area contributed by atoms with Crippen LogP contribution in [0.25, 0.3) is 0 Å². The molecule has 0 aromatic heterocycles. The molecule has 1 aromatic carbocycles. The van der Waals surface area contributed by atoms with E-state index < -0.39 is 10.0 Å². The van der Waals surface area contributed by atoms with Crippen molar-refractivity contribution in [2.24, 2.45) is 5.41 Å². The molecule has 134 valence electrons. The second-order valence-corrected chi connectivity index (χ2v) is 9.76. The van der Waals surface area contributed by atoms with Crippen molar-refractivity contribution in [3.8, 4) is 0 Å². The van der Waals surface area contributed by atoms with Gasteiger partial charge in [0, 0.05) is 25.2 Å². The van der Waals surface area contributed by atoms with Crippen molar-refractivity contribution in [2.45, 2.75) is 53.5 Å². The molecule has 1 aromatic rings. The van der Waals surface area contributed by atoms with Crippen molar-refractivity contribution in [1.29, 1.82) is 0 Å². The van der Waals surface area contributed by atoms with Gasteiger partial charge in [0.1, 0.15) is 0 Å². The van der Waals surface area contributed by atoms with Gasteiger partial charge in [0.15, 0.2) is 0 Å². The Balaban J connectivity index is 2.12. The van der Waals surface area contributed by atoms with Crippen LogP contribution in [0.5, 0.6) is 0 Å². The normalized spacial score (nSPS) is 15.8.